The van der Waals surface area contributed by atoms with Crippen molar-refractivity contribution in [1.29, 1.82) is 0 Å². The minimum Gasteiger partial charge on any atom is -0.403 e. The van der Waals surface area contributed by atoms with Crippen LogP contribution < -0.4 is 16.0 Å². The first kappa shape index (κ1) is 20.5. The van der Waals surface area contributed by atoms with Crippen molar-refractivity contribution in [2.24, 2.45) is 0 Å². The van der Waals surface area contributed by atoms with Crippen molar-refractivity contribution < 1.29 is 9.52 Å². The number of rotatable bonds is 9. The lowest BCUT2D eigenvalue weighted by Crippen LogP contribution is -2.11. The van der Waals surface area contributed by atoms with Gasteiger partial charge in [0.15, 0.2) is 0 Å². The number of aromatic nitrogens is 5. The van der Waals surface area contributed by atoms with Crippen LogP contribution in [-0.4, -0.2) is 49.4 Å². The number of benzene rings is 1. The monoisotopic (exact) mass is 420 g/mol. The van der Waals surface area contributed by atoms with Crippen molar-refractivity contribution in [3.8, 4) is 11.5 Å². The highest BCUT2D eigenvalue weighted by Gasteiger charge is 2.15. The molecular formula is C21H24N8O2. The van der Waals surface area contributed by atoms with Crippen molar-refractivity contribution in [2.75, 3.05) is 29.1 Å². The largest absolute Gasteiger partial charge is 0.403 e. The van der Waals surface area contributed by atoms with Gasteiger partial charge < -0.3 is 25.5 Å². The van der Waals surface area contributed by atoms with E-state index in [4.69, 9.17) is 9.52 Å². The Hall–Kier alpha value is -3.79. The second kappa shape index (κ2) is 9.35. The number of nitrogens with zero attached hydrogens (tertiary/aromatic N) is 5. The molecule has 0 saturated heterocycles. The summed E-state index contributed by atoms with van der Waals surface area (Å²) >= 11 is 0. The van der Waals surface area contributed by atoms with Gasteiger partial charge in [-0.15, -0.1) is 5.10 Å². The first-order chi connectivity index (χ1) is 15.1. The normalized spacial score (nSPS) is 11.1. The SMILES string of the molecule is CC(C)Nc1cc(Nc2ccc3nccnc3c2)ncc1-c1nnc(NCCCO)o1. The first-order valence-electron chi connectivity index (χ1n) is 10.1. The van der Waals surface area contributed by atoms with Crippen LogP contribution in [0.25, 0.3) is 22.5 Å². The van der Waals surface area contributed by atoms with Crippen molar-refractivity contribution in [1.82, 2.24) is 25.1 Å². The molecule has 0 fully saturated rings. The average Bonchev–Trinajstić information content (AvgIpc) is 3.22. The molecule has 4 N–H and O–H groups in total. The van der Waals surface area contributed by atoms with E-state index >= 15 is 0 Å². The maximum absolute atomic E-state index is 8.90. The number of fused-ring (bicyclic) bond motifs is 1. The molecule has 4 aromatic rings. The van der Waals surface area contributed by atoms with Gasteiger partial charge in [0.05, 0.1) is 22.3 Å². The Labute approximate surface area is 179 Å². The lowest BCUT2D eigenvalue weighted by Gasteiger charge is -2.15. The lowest BCUT2D eigenvalue weighted by atomic mass is 10.2. The second-order valence-corrected chi connectivity index (χ2v) is 7.22. The standard InChI is InChI=1S/C21H24N8O2/c1-13(2)26-17-11-19(27-14-4-5-16-18(10-14)23-8-7-22-16)25-12-15(17)20-28-29-21(31-20)24-6-3-9-30/h4-5,7-8,10-13,30H,3,6,9H2,1-2H3,(H,24,29)(H2,25,26,27). The zero-order chi connectivity index (χ0) is 21.6. The fourth-order valence-corrected chi connectivity index (χ4v) is 2.99. The molecule has 0 unspecified atom stereocenters. The average molecular weight is 420 g/mol. The van der Waals surface area contributed by atoms with E-state index in [0.29, 0.717) is 36.3 Å². The highest BCUT2D eigenvalue weighted by molar-refractivity contribution is 5.80. The summed E-state index contributed by atoms with van der Waals surface area (Å²) in [6.07, 6.45) is 5.63. The van der Waals surface area contributed by atoms with Gasteiger partial charge in [0.1, 0.15) is 5.82 Å². The Morgan fingerprint density at radius 1 is 1.03 bits per heavy atom. The molecule has 0 amide bonds. The molecule has 0 aliphatic heterocycles. The van der Waals surface area contributed by atoms with Crippen LogP contribution in [0.3, 0.4) is 0 Å². The van der Waals surface area contributed by atoms with Gasteiger partial charge in [-0.3, -0.25) is 9.97 Å². The van der Waals surface area contributed by atoms with E-state index in [1.54, 1.807) is 18.6 Å². The zero-order valence-electron chi connectivity index (χ0n) is 17.3. The van der Waals surface area contributed by atoms with Crippen LogP contribution in [0.15, 0.2) is 47.3 Å². The maximum Gasteiger partial charge on any atom is 0.315 e. The molecule has 1 aromatic carbocycles. The van der Waals surface area contributed by atoms with Gasteiger partial charge in [-0.1, -0.05) is 5.10 Å². The summed E-state index contributed by atoms with van der Waals surface area (Å²) in [5.41, 5.74) is 4.01. The summed E-state index contributed by atoms with van der Waals surface area (Å²) in [7, 11) is 0. The van der Waals surface area contributed by atoms with Crippen molar-refractivity contribution in [3.63, 3.8) is 0 Å². The van der Waals surface area contributed by atoms with Crippen LogP contribution in [0.2, 0.25) is 0 Å². The number of pyridine rings is 1. The number of aliphatic hydroxyl groups excluding tert-OH is 1. The molecule has 10 heteroatoms. The molecule has 160 valence electrons. The molecule has 0 atom stereocenters. The van der Waals surface area contributed by atoms with Gasteiger partial charge in [0, 0.05) is 49.5 Å². The van der Waals surface area contributed by atoms with Crippen molar-refractivity contribution in [2.45, 2.75) is 26.3 Å². The first-order valence-corrected chi connectivity index (χ1v) is 10.1. The third-order valence-corrected chi connectivity index (χ3v) is 4.36. The van der Waals surface area contributed by atoms with E-state index in [0.717, 1.165) is 22.4 Å². The van der Waals surface area contributed by atoms with Gasteiger partial charge in [-0.2, -0.15) is 0 Å². The number of hydrogen-bond acceptors (Lipinski definition) is 10. The fraction of sp³-hybridized carbons (Fsp3) is 0.286. The summed E-state index contributed by atoms with van der Waals surface area (Å²) in [6.45, 7) is 4.75. The van der Waals surface area contributed by atoms with Crippen LogP contribution in [-0.2, 0) is 0 Å². The summed E-state index contributed by atoms with van der Waals surface area (Å²) in [5, 5.41) is 26.7. The van der Waals surface area contributed by atoms with Crippen LogP contribution in [0.4, 0.5) is 23.2 Å². The highest BCUT2D eigenvalue weighted by Crippen LogP contribution is 2.31. The van der Waals surface area contributed by atoms with E-state index in [2.05, 4.69) is 54.9 Å². The minimum atomic E-state index is 0.0958. The van der Waals surface area contributed by atoms with Gasteiger partial charge in [-0.25, -0.2) is 4.98 Å². The van der Waals surface area contributed by atoms with Gasteiger partial charge >= 0.3 is 6.01 Å². The molecule has 0 bridgehead atoms. The quantitative estimate of drug-likeness (QED) is 0.298. The van der Waals surface area contributed by atoms with Crippen LogP contribution in [0.1, 0.15) is 20.3 Å². The number of aliphatic hydroxyl groups is 1. The Kier molecular flexibility index (Phi) is 6.18. The Morgan fingerprint density at radius 3 is 2.68 bits per heavy atom. The van der Waals surface area contributed by atoms with Crippen LogP contribution in [0, 0.1) is 0 Å². The molecule has 0 spiro atoms. The number of nitrogens with one attached hydrogen (secondary N) is 3. The van der Waals surface area contributed by atoms with E-state index < -0.39 is 0 Å². The van der Waals surface area contributed by atoms with Gasteiger partial charge in [0.25, 0.3) is 5.89 Å². The molecule has 0 saturated carbocycles. The lowest BCUT2D eigenvalue weighted by molar-refractivity contribution is 0.292. The Bertz CT molecular complexity index is 1160. The number of hydrogen-bond donors (Lipinski definition) is 4. The minimum absolute atomic E-state index is 0.0958. The van der Waals surface area contributed by atoms with E-state index in [1.807, 2.05) is 24.3 Å². The fourth-order valence-electron chi connectivity index (χ4n) is 2.99. The zero-order valence-corrected chi connectivity index (χ0v) is 17.3. The van der Waals surface area contributed by atoms with E-state index in [9.17, 15) is 0 Å². The molecule has 4 rings (SSSR count). The van der Waals surface area contributed by atoms with E-state index in [1.165, 1.54) is 0 Å². The molecule has 0 radical (unpaired) electrons. The predicted octanol–water partition coefficient (Wildman–Crippen LogP) is 3.43. The Morgan fingerprint density at radius 2 is 1.87 bits per heavy atom. The molecular weight excluding hydrogens is 396 g/mol. The maximum atomic E-state index is 8.90. The summed E-state index contributed by atoms with van der Waals surface area (Å²) in [5.74, 6) is 1.02. The molecule has 3 aromatic heterocycles. The topological polar surface area (TPSA) is 134 Å². The van der Waals surface area contributed by atoms with Crippen LogP contribution >= 0.6 is 0 Å². The molecule has 0 aliphatic rings. The third kappa shape index (κ3) is 5.04. The number of anilines is 4. The molecule has 3 heterocycles. The van der Waals surface area contributed by atoms with Gasteiger partial charge in [0.2, 0.25) is 0 Å². The highest BCUT2D eigenvalue weighted by atomic mass is 16.4. The summed E-state index contributed by atoms with van der Waals surface area (Å²) in [4.78, 5) is 13.1. The summed E-state index contributed by atoms with van der Waals surface area (Å²) in [6, 6.07) is 8.17. The third-order valence-electron chi connectivity index (χ3n) is 4.36. The Balaban J connectivity index is 1.59. The van der Waals surface area contributed by atoms with Crippen molar-refractivity contribution in [3.05, 3.63) is 42.9 Å². The van der Waals surface area contributed by atoms with Crippen LogP contribution in [0.5, 0.6) is 0 Å². The van der Waals surface area contributed by atoms with E-state index in [-0.39, 0.29) is 12.6 Å². The summed E-state index contributed by atoms with van der Waals surface area (Å²) < 4.78 is 5.71. The predicted molar refractivity (Wildman–Crippen MR) is 119 cm³/mol. The van der Waals surface area contributed by atoms with Gasteiger partial charge in [-0.05, 0) is 38.5 Å². The second-order valence-electron chi connectivity index (χ2n) is 7.22. The molecule has 0 aliphatic carbocycles. The molecule has 31 heavy (non-hydrogen) atoms. The molecule has 10 nitrogen and oxygen atoms in total. The van der Waals surface area contributed by atoms with Crippen molar-refractivity contribution >= 4 is 34.2 Å². The smallest absolute Gasteiger partial charge is 0.315 e.